The Morgan fingerprint density at radius 2 is 2.20 bits per heavy atom. The van der Waals surface area contributed by atoms with Gasteiger partial charge in [0.05, 0.1) is 13.1 Å². The molecule has 0 bridgehead atoms. The number of rotatable bonds is 4. The van der Waals surface area contributed by atoms with Gasteiger partial charge in [-0.1, -0.05) is 0 Å². The van der Waals surface area contributed by atoms with Crippen molar-refractivity contribution in [1.82, 2.24) is 10.2 Å². The second-order valence-corrected chi connectivity index (χ2v) is 4.42. The first-order valence-corrected chi connectivity index (χ1v) is 6.35. The number of hydrogen-bond acceptors (Lipinski definition) is 6. The molecule has 1 aromatic carbocycles. The van der Waals surface area contributed by atoms with Crippen LogP contribution in [0.3, 0.4) is 0 Å². The maximum atomic E-state index is 5.65. The molecule has 0 atom stereocenters. The Bertz CT molecular complexity index is 496. The molecule has 0 aromatic heterocycles. The Labute approximate surface area is 135 Å². The van der Waals surface area contributed by atoms with Crippen LogP contribution in [0, 0.1) is 0 Å². The van der Waals surface area contributed by atoms with E-state index in [0.717, 1.165) is 42.8 Å². The van der Waals surface area contributed by atoms with Gasteiger partial charge >= 0.3 is 0 Å². The van der Waals surface area contributed by atoms with Gasteiger partial charge in [-0.05, 0) is 12.1 Å². The predicted octanol–water partition coefficient (Wildman–Crippen LogP) is 1.30. The maximum Gasteiger partial charge on any atom is 0.231 e. The van der Waals surface area contributed by atoms with Gasteiger partial charge in [-0.25, -0.2) is 0 Å². The summed E-state index contributed by atoms with van der Waals surface area (Å²) in [7, 11) is 2.03. The van der Waals surface area contributed by atoms with E-state index < -0.39 is 0 Å². The summed E-state index contributed by atoms with van der Waals surface area (Å²) in [5.41, 5.74) is 0. The van der Waals surface area contributed by atoms with Crippen molar-refractivity contribution in [3.63, 3.8) is 0 Å². The van der Waals surface area contributed by atoms with E-state index in [9.17, 15) is 0 Å². The maximum absolute atomic E-state index is 5.65. The highest BCUT2D eigenvalue weighted by Gasteiger charge is 2.14. The first-order valence-electron chi connectivity index (χ1n) is 6.35. The molecule has 0 saturated carbocycles. The van der Waals surface area contributed by atoms with Crippen molar-refractivity contribution in [3.05, 3.63) is 18.2 Å². The van der Waals surface area contributed by atoms with Crippen LogP contribution in [0.15, 0.2) is 23.2 Å². The number of likely N-dealkylation sites (N-methyl/N-ethyl adjacent to an activating group) is 1. The molecule has 0 radical (unpaired) electrons. The number of nitrogens with one attached hydrogen (secondary N) is 1. The summed E-state index contributed by atoms with van der Waals surface area (Å²) < 4.78 is 16.2. The molecule has 2 aliphatic heterocycles. The Balaban J connectivity index is 0.00000147. The molecular formula is C13H18IN3O3. The third-order valence-corrected chi connectivity index (χ3v) is 3.06. The van der Waals surface area contributed by atoms with Crippen molar-refractivity contribution in [2.24, 2.45) is 4.99 Å². The monoisotopic (exact) mass is 391 g/mol. The van der Waals surface area contributed by atoms with E-state index in [0.29, 0.717) is 6.61 Å². The molecule has 0 unspecified atom stereocenters. The number of ether oxygens (including phenoxy) is 3. The van der Waals surface area contributed by atoms with Gasteiger partial charge in [0.1, 0.15) is 12.4 Å². The Morgan fingerprint density at radius 1 is 1.35 bits per heavy atom. The number of fused-ring (bicyclic) bond motifs is 1. The van der Waals surface area contributed by atoms with Crippen molar-refractivity contribution < 1.29 is 14.2 Å². The predicted molar refractivity (Wildman–Crippen MR) is 86.4 cm³/mol. The minimum Gasteiger partial charge on any atom is -0.492 e. The molecule has 2 aliphatic rings. The smallest absolute Gasteiger partial charge is 0.231 e. The number of nitrogens with zero attached hydrogens (tertiary/aromatic N) is 2. The van der Waals surface area contributed by atoms with Crippen LogP contribution in [-0.2, 0) is 0 Å². The summed E-state index contributed by atoms with van der Waals surface area (Å²) in [6, 6.07) is 5.59. The van der Waals surface area contributed by atoms with E-state index in [4.69, 9.17) is 14.2 Å². The number of aliphatic imine (C=N–C) groups is 1. The van der Waals surface area contributed by atoms with Gasteiger partial charge < -0.3 is 24.4 Å². The lowest BCUT2D eigenvalue weighted by molar-refractivity contribution is 0.173. The molecule has 7 heteroatoms. The van der Waals surface area contributed by atoms with Crippen molar-refractivity contribution >= 4 is 29.9 Å². The normalized spacial score (nSPS) is 15.7. The van der Waals surface area contributed by atoms with Crippen LogP contribution in [0.25, 0.3) is 0 Å². The zero-order valence-electron chi connectivity index (χ0n) is 11.3. The number of halogens is 1. The van der Waals surface area contributed by atoms with E-state index >= 15 is 0 Å². The molecule has 0 aliphatic carbocycles. The fourth-order valence-electron chi connectivity index (χ4n) is 2.02. The van der Waals surface area contributed by atoms with Crippen LogP contribution in [-0.4, -0.2) is 50.9 Å². The fraction of sp³-hybridized carbons (Fsp3) is 0.462. The fourth-order valence-corrected chi connectivity index (χ4v) is 2.02. The van der Waals surface area contributed by atoms with Gasteiger partial charge in [-0.3, -0.25) is 4.99 Å². The summed E-state index contributed by atoms with van der Waals surface area (Å²) in [6.45, 7) is 3.42. The molecular weight excluding hydrogens is 373 g/mol. The van der Waals surface area contributed by atoms with Crippen LogP contribution in [0.1, 0.15) is 0 Å². The van der Waals surface area contributed by atoms with E-state index in [1.165, 1.54) is 0 Å². The van der Waals surface area contributed by atoms with Crippen LogP contribution in [0.5, 0.6) is 17.2 Å². The molecule has 0 amide bonds. The van der Waals surface area contributed by atoms with Crippen LogP contribution < -0.4 is 19.5 Å². The molecule has 6 nitrogen and oxygen atoms in total. The van der Waals surface area contributed by atoms with Crippen LogP contribution in [0.4, 0.5) is 0 Å². The average molecular weight is 391 g/mol. The molecule has 110 valence electrons. The van der Waals surface area contributed by atoms with Gasteiger partial charge in [0.2, 0.25) is 6.79 Å². The molecule has 0 fully saturated rings. The van der Waals surface area contributed by atoms with Crippen molar-refractivity contribution in [3.8, 4) is 17.2 Å². The first kappa shape index (κ1) is 15.0. The topological polar surface area (TPSA) is 55.3 Å². The molecule has 1 aromatic rings. The van der Waals surface area contributed by atoms with Gasteiger partial charge in [0.25, 0.3) is 0 Å². The number of hydrogen-bond donors (Lipinski definition) is 1. The Kier molecular flexibility index (Phi) is 5.16. The second kappa shape index (κ2) is 6.87. The van der Waals surface area contributed by atoms with E-state index in [1.54, 1.807) is 0 Å². The summed E-state index contributed by atoms with van der Waals surface area (Å²) >= 11 is 0. The minimum absolute atomic E-state index is 0. The summed E-state index contributed by atoms with van der Waals surface area (Å²) in [6.07, 6.45) is 0. The Hall–Kier alpha value is -1.38. The highest BCUT2D eigenvalue weighted by molar-refractivity contribution is 14.0. The second-order valence-electron chi connectivity index (χ2n) is 4.42. The van der Waals surface area contributed by atoms with Crippen LogP contribution >= 0.6 is 24.0 Å². The number of guanidine groups is 1. The largest absolute Gasteiger partial charge is 0.492 e. The van der Waals surface area contributed by atoms with Gasteiger partial charge in [0, 0.05) is 19.7 Å². The standard InChI is InChI=1S/C13H17N3O3.HI/c1-16-6-4-14-13(16)15-5-7-17-10-2-3-11-12(8-10)19-9-18-11;/h2-3,8H,4-7,9H2,1H3,(H,14,15);1H. The molecule has 1 N–H and O–H groups in total. The number of benzene rings is 1. The SMILES string of the molecule is CN1CCN=C1NCCOc1ccc2c(c1)OCO2.I. The molecule has 2 heterocycles. The van der Waals surface area contributed by atoms with Crippen molar-refractivity contribution in [1.29, 1.82) is 0 Å². The zero-order valence-corrected chi connectivity index (χ0v) is 13.6. The summed E-state index contributed by atoms with van der Waals surface area (Å²) in [4.78, 5) is 6.45. The van der Waals surface area contributed by atoms with Gasteiger partial charge in [-0.15, -0.1) is 24.0 Å². The van der Waals surface area contributed by atoms with Crippen molar-refractivity contribution in [2.75, 3.05) is 40.1 Å². The Morgan fingerprint density at radius 3 is 3.00 bits per heavy atom. The van der Waals surface area contributed by atoms with E-state index in [1.807, 2.05) is 25.2 Å². The van der Waals surface area contributed by atoms with Gasteiger partial charge in [0.15, 0.2) is 17.5 Å². The summed E-state index contributed by atoms with van der Waals surface area (Å²) in [5.74, 6) is 3.24. The lowest BCUT2D eigenvalue weighted by Gasteiger charge is -2.15. The molecule has 0 saturated heterocycles. The first-order chi connectivity index (χ1) is 9.33. The van der Waals surface area contributed by atoms with Gasteiger partial charge in [-0.2, -0.15) is 0 Å². The lowest BCUT2D eigenvalue weighted by atomic mass is 10.3. The molecule has 20 heavy (non-hydrogen) atoms. The van der Waals surface area contributed by atoms with Crippen molar-refractivity contribution in [2.45, 2.75) is 0 Å². The minimum atomic E-state index is 0. The third kappa shape index (κ3) is 3.38. The van der Waals surface area contributed by atoms with E-state index in [-0.39, 0.29) is 30.8 Å². The van der Waals surface area contributed by atoms with Crippen LogP contribution in [0.2, 0.25) is 0 Å². The highest BCUT2D eigenvalue weighted by atomic mass is 127. The average Bonchev–Trinajstić information content (AvgIpc) is 3.03. The quantitative estimate of drug-likeness (QED) is 0.620. The summed E-state index contributed by atoms with van der Waals surface area (Å²) in [5, 5.41) is 3.25. The third-order valence-electron chi connectivity index (χ3n) is 3.06. The lowest BCUT2D eigenvalue weighted by Crippen LogP contribution is -2.37. The highest BCUT2D eigenvalue weighted by Crippen LogP contribution is 2.34. The zero-order chi connectivity index (χ0) is 13.1. The molecule has 0 spiro atoms. The molecule has 3 rings (SSSR count). The van der Waals surface area contributed by atoms with E-state index in [2.05, 4.69) is 15.2 Å².